The minimum atomic E-state index is -0.176. The van der Waals surface area contributed by atoms with Gasteiger partial charge in [-0.2, -0.15) is 0 Å². The molecule has 8 saturated carbocycles. The molecule has 0 heterocycles. The number of rotatable bonds is 1. The Morgan fingerprint density at radius 2 is 1.50 bits per heavy atom. The van der Waals surface area contributed by atoms with Crippen LogP contribution in [0.25, 0.3) is 0 Å². The molecule has 0 unspecified atom stereocenters. The summed E-state index contributed by atoms with van der Waals surface area (Å²) in [7, 11) is 1.66. The molecule has 0 saturated heterocycles. The Kier molecular flexibility index (Phi) is 1.98. The van der Waals surface area contributed by atoms with Gasteiger partial charge in [0.2, 0.25) is 0 Å². The van der Waals surface area contributed by atoms with Crippen LogP contribution in [0.1, 0.15) is 46.5 Å². The van der Waals surface area contributed by atoms with E-state index in [2.05, 4.69) is 20.8 Å². The highest BCUT2D eigenvalue weighted by Crippen LogP contribution is 2.95. The number of hydrogen-bond donors (Lipinski definition) is 0. The zero-order valence-electron chi connectivity index (χ0n) is 16.6. The van der Waals surface area contributed by atoms with E-state index in [0.29, 0.717) is 22.7 Å². The number of fused-ring (bicyclic) bond motifs is 4. The molecule has 0 aromatic rings. The first-order valence-corrected chi connectivity index (χ1v) is 11.5. The molecular formula is C24H32O2. The maximum absolute atomic E-state index is 13.4. The van der Waals surface area contributed by atoms with Crippen LogP contribution in [0.5, 0.6) is 0 Å². The smallest absolute Gasteiger partial charge is 0.312 e. The Morgan fingerprint density at radius 3 is 2.27 bits per heavy atom. The Labute approximate surface area is 156 Å². The van der Waals surface area contributed by atoms with Gasteiger partial charge in [0.1, 0.15) is 0 Å². The lowest BCUT2D eigenvalue weighted by atomic mass is 9.61. The van der Waals surface area contributed by atoms with E-state index in [0.717, 1.165) is 59.2 Å². The third-order valence-electron chi connectivity index (χ3n) is 13.1. The molecular weight excluding hydrogens is 320 g/mol. The standard InChI is InChI=1S/C24H32O2/c1-22-8-7-11-16-14-13-15(24(16,3)21(25)26-4)9-5-6-10-12(9)18(13)23(2,20(10)22)19(14)17(11)22/h9-20H,5-8H2,1-4H3/t9-,10-,11-,12-,13-,14+,15-,16-,17+,18-,19-,20-,22-,23+,24-/m1/s1. The summed E-state index contributed by atoms with van der Waals surface area (Å²) >= 11 is 0. The summed E-state index contributed by atoms with van der Waals surface area (Å²) in [5.41, 5.74) is 1.04. The molecule has 0 amide bonds. The number of carbonyl (C=O) groups is 1. The maximum atomic E-state index is 13.4. The highest BCUT2D eigenvalue weighted by molar-refractivity contribution is 5.79. The zero-order chi connectivity index (χ0) is 17.5. The van der Waals surface area contributed by atoms with Crippen molar-refractivity contribution in [3.63, 3.8) is 0 Å². The fourth-order valence-corrected chi connectivity index (χ4v) is 14.0. The molecule has 0 N–H and O–H groups in total. The number of methoxy groups -OCH3 is 1. The van der Waals surface area contributed by atoms with Gasteiger partial charge in [-0.3, -0.25) is 4.79 Å². The van der Waals surface area contributed by atoms with Crippen LogP contribution >= 0.6 is 0 Å². The molecule has 0 radical (unpaired) electrons. The molecule has 0 aromatic carbocycles. The minimum absolute atomic E-state index is 0.164. The van der Waals surface area contributed by atoms with E-state index in [1.54, 1.807) is 7.11 Å². The molecule has 140 valence electrons. The van der Waals surface area contributed by atoms with Gasteiger partial charge in [-0.25, -0.2) is 0 Å². The van der Waals surface area contributed by atoms with Crippen LogP contribution in [0.2, 0.25) is 0 Å². The monoisotopic (exact) mass is 352 g/mol. The summed E-state index contributed by atoms with van der Waals surface area (Å²) in [6.45, 7) is 7.86. The van der Waals surface area contributed by atoms with E-state index in [1.165, 1.54) is 25.7 Å². The first-order valence-electron chi connectivity index (χ1n) is 11.5. The predicted molar refractivity (Wildman–Crippen MR) is 96.7 cm³/mol. The van der Waals surface area contributed by atoms with Gasteiger partial charge in [-0.1, -0.05) is 13.8 Å². The lowest BCUT2D eigenvalue weighted by Gasteiger charge is -2.43. The molecule has 0 aromatic heterocycles. The Balaban J connectivity index is 1.48. The Morgan fingerprint density at radius 1 is 0.808 bits per heavy atom. The maximum Gasteiger partial charge on any atom is 0.312 e. The van der Waals surface area contributed by atoms with Gasteiger partial charge in [0.25, 0.3) is 0 Å². The summed E-state index contributed by atoms with van der Waals surface area (Å²) in [5.74, 6) is 10.7. The number of hydrogen-bond acceptors (Lipinski definition) is 2. The molecule has 0 aliphatic heterocycles. The molecule has 26 heavy (non-hydrogen) atoms. The Hall–Kier alpha value is -0.530. The average molecular weight is 353 g/mol. The Bertz CT molecular complexity index is 789. The fourth-order valence-electron chi connectivity index (χ4n) is 14.0. The summed E-state index contributed by atoms with van der Waals surface area (Å²) in [4.78, 5) is 13.4. The van der Waals surface area contributed by atoms with E-state index in [1.807, 2.05) is 0 Å². The van der Waals surface area contributed by atoms with Gasteiger partial charge in [0.05, 0.1) is 12.5 Å². The van der Waals surface area contributed by atoms with Gasteiger partial charge >= 0.3 is 5.97 Å². The van der Waals surface area contributed by atoms with Gasteiger partial charge in [0.15, 0.2) is 0 Å². The van der Waals surface area contributed by atoms with E-state index < -0.39 is 0 Å². The van der Waals surface area contributed by atoms with Crippen molar-refractivity contribution in [3.8, 4) is 0 Å². The van der Waals surface area contributed by atoms with Crippen molar-refractivity contribution in [3.05, 3.63) is 0 Å². The molecule has 8 fully saturated rings. The normalized spacial score (nSPS) is 77.2. The summed E-state index contributed by atoms with van der Waals surface area (Å²) in [5, 5.41) is 0. The molecule has 8 aliphatic carbocycles. The zero-order valence-corrected chi connectivity index (χ0v) is 16.6. The predicted octanol–water partition coefficient (Wildman–Crippen LogP) is 4.24. The second-order valence-electron chi connectivity index (χ2n) is 12.6. The largest absolute Gasteiger partial charge is 0.469 e. The molecule has 2 nitrogen and oxygen atoms in total. The van der Waals surface area contributed by atoms with Gasteiger partial charge in [-0.15, -0.1) is 0 Å². The third kappa shape index (κ3) is 0.937. The first-order chi connectivity index (χ1) is 12.4. The van der Waals surface area contributed by atoms with E-state index in [9.17, 15) is 4.79 Å². The highest BCUT2D eigenvalue weighted by Gasteiger charge is 2.92. The lowest BCUT2D eigenvalue weighted by Crippen LogP contribution is -2.45. The molecule has 8 rings (SSSR count). The van der Waals surface area contributed by atoms with Crippen molar-refractivity contribution in [2.24, 2.45) is 87.3 Å². The molecule has 0 bridgehead atoms. The summed E-state index contributed by atoms with van der Waals surface area (Å²) in [6.07, 6.45) is 5.75. The van der Waals surface area contributed by atoms with Crippen LogP contribution in [-0.2, 0) is 9.53 Å². The van der Waals surface area contributed by atoms with Gasteiger partial charge in [-0.05, 0) is 114 Å². The van der Waals surface area contributed by atoms with Crippen molar-refractivity contribution in [2.75, 3.05) is 7.11 Å². The number of carbonyl (C=O) groups excluding carboxylic acids is 1. The number of ether oxygens (including phenoxy) is 1. The van der Waals surface area contributed by atoms with Crippen molar-refractivity contribution in [1.82, 2.24) is 0 Å². The lowest BCUT2D eigenvalue weighted by molar-refractivity contribution is -0.160. The van der Waals surface area contributed by atoms with Crippen LogP contribution in [0.15, 0.2) is 0 Å². The minimum Gasteiger partial charge on any atom is -0.469 e. The first kappa shape index (κ1) is 14.5. The van der Waals surface area contributed by atoms with Gasteiger partial charge < -0.3 is 4.74 Å². The van der Waals surface area contributed by atoms with Gasteiger partial charge in [0, 0.05) is 0 Å². The van der Waals surface area contributed by atoms with Crippen LogP contribution in [0.3, 0.4) is 0 Å². The van der Waals surface area contributed by atoms with Crippen molar-refractivity contribution < 1.29 is 9.53 Å². The molecule has 0 spiro atoms. The van der Waals surface area contributed by atoms with Crippen LogP contribution in [0.4, 0.5) is 0 Å². The molecule has 15 atom stereocenters. The van der Waals surface area contributed by atoms with Crippen LogP contribution in [0, 0.1) is 87.3 Å². The second kappa shape index (κ2) is 3.57. The van der Waals surface area contributed by atoms with E-state index >= 15 is 0 Å². The summed E-state index contributed by atoms with van der Waals surface area (Å²) < 4.78 is 5.56. The number of esters is 1. The summed E-state index contributed by atoms with van der Waals surface area (Å²) in [6, 6.07) is 0. The second-order valence-corrected chi connectivity index (χ2v) is 12.6. The van der Waals surface area contributed by atoms with Crippen LogP contribution < -0.4 is 0 Å². The third-order valence-corrected chi connectivity index (χ3v) is 13.1. The highest BCUT2D eigenvalue weighted by atomic mass is 16.5. The fraction of sp³-hybridized carbons (Fsp3) is 0.958. The van der Waals surface area contributed by atoms with Crippen molar-refractivity contribution >= 4 is 5.97 Å². The topological polar surface area (TPSA) is 26.3 Å². The molecule has 8 aliphatic rings. The van der Waals surface area contributed by atoms with Crippen molar-refractivity contribution in [2.45, 2.75) is 46.5 Å². The van der Waals surface area contributed by atoms with Crippen molar-refractivity contribution in [1.29, 1.82) is 0 Å². The quantitative estimate of drug-likeness (QED) is 0.660. The van der Waals surface area contributed by atoms with E-state index in [-0.39, 0.29) is 11.4 Å². The molecule has 2 heteroatoms. The van der Waals surface area contributed by atoms with E-state index in [4.69, 9.17) is 4.74 Å². The van der Waals surface area contributed by atoms with Crippen LogP contribution in [-0.4, -0.2) is 13.1 Å². The average Bonchev–Trinajstić information content (AvgIpc) is 3.36. The SMILES string of the molecule is COC(=O)[C@]1(C)[C@@H]2[C@@H]3CC[C@@H]4[C@@H]3[C@@H]3[C@@H]2[C@H]2[C@H]1[C@H]1CC[C@]5(C)[C@@H]1[C@@H]2[C@@]3(C)[C@H]45.